The van der Waals surface area contributed by atoms with Crippen molar-refractivity contribution in [2.45, 2.75) is 38.6 Å². The lowest BCUT2D eigenvalue weighted by Crippen LogP contribution is -2.51. The highest BCUT2D eigenvalue weighted by molar-refractivity contribution is 6.00. The number of fused-ring (bicyclic) bond motifs is 1. The number of carbonyl (C=O) groups excluding carboxylic acids is 2. The largest absolute Gasteiger partial charge is 0.383 e. The number of methoxy groups -OCH3 is 1. The summed E-state index contributed by atoms with van der Waals surface area (Å²) in [6, 6.07) is 9.20. The van der Waals surface area contributed by atoms with Crippen LogP contribution in [-0.4, -0.2) is 75.9 Å². The number of hydrogen-bond acceptors (Lipinski definition) is 5. The quantitative estimate of drug-likeness (QED) is 0.507. The molecule has 1 saturated heterocycles. The number of piperazine rings is 1. The Morgan fingerprint density at radius 1 is 1.00 bits per heavy atom. The molecular weight excluding hydrogens is 458 g/mol. The molecule has 3 aliphatic heterocycles. The van der Waals surface area contributed by atoms with Gasteiger partial charge in [0.2, 0.25) is 5.91 Å². The van der Waals surface area contributed by atoms with Gasteiger partial charge >= 0.3 is 0 Å². The van der Waals surface area contributed by atoms with Crippen LogP contribution in [0.4, 0.5) is 0 Å². The van der Waals surface area contributed by atoms with E-state index in [1.165, 1.54) is 17.5 Å². The van der Waals surface area contributed by atoms with Crippen molar-refractivity contribution >= 4 is 11.8 Å². The van der Waals surface area contributed by atoms with Crippen molar-refractivity contribution in [3.63, 3.8) is 0 Å². The Morgan fingerprint density at radius 2 is 1.69 bits per heavy atom. The van der Waals surface area contributed by atoms with Crippen LogP contribution in [0.1, 0.15) is 42.5 Å². The highest BCUT2D eigenvalue weighted by Crippen LogP contribution is 2.28. The topological polar surface area (TPSA) is 89.7 Å². The van der Waals surface area contributed by atoms with Crippen LogP contribution in [0, 0.1) is 5.92 Å². The number of rotatable bonds is 7. The van der Waals surface area contributed by atoms with Gasteiger partial charge in [0.1, 0.15) is 5.69 Å². The second-order valence-electron chi connectivity index (χ2n) is 9.74. The number of pyridine rings is 1. The predicted molar refractivity (Wildman–Crippen MR) is 135 cm³/mol. The molecule has 3 heterocycles. The van der Waals surface area contributed by atoms with Gasteiger partial charge in [-0.1, -0.05) is 31.0 Å². The Kier molecular flexibility index (Phi) is 7.18. The predicted octanol–water partition coefficient (Wildman–Crippen LogP) is 2.65. The highest BCUT2D eigenvalue weighted by Gasteiger charge is 2.31. The van der Waals surface area contributed by atoms with Crippen molar-refractivity contribution in [1.29, 1.82) is 0 Å². The molecule has 9 nitrogen and oxygen atoms in total. The Balaban J connectivity index is 1.38. The molecule has 0 spiro atoms. The molecule has 4 aliphatic rings. The molecule has 36 heavy (non-hydrogen) atoms. The van der Waals surface area contributed by atoms with E-state index in [1.54, 1.807) is 24.4 Å². The zero-order valence-electron chi connectivity index (χ0n) is 20.8. The molecule has 0 aromatic heterocycles. The molecule has 2 fully saturated rings. The Hall–Kier alpha value is -3.46. The molecule has 0 atom stereocenters. The van der Waals surface area contributed by atoms with Crippen molar-refractivity contribution < 1.29 is 14.3 Å². The molecule has 0 N–H and O–H groups in total. The lowest BCUT2D eigenvalue weighted by Gasteiger charge is -2.35. The summed E-state index contributed by atoms with van der Waals surface area (Å²) in [6.07, 6.45) is 8.85. The van der Waals surface area contributed by atoms with E-state index in [0.29, 0.717) is 74.2 Å². The number of nitrogens with zero attached hydrogens (tertiary/aromatic N) is 5. The van der Waals surface area contributed by atoms with Gasteiger partial charge in [-0.2, -0.15) is 9.78 Å². The lowest BCUT2D eigenvalue weighted by molar-refractivity contribution is -0.133. The summed E-state index contributed by atoms with van der Waals surface area (Å²) in [4.78, 5) is 43.3. The number of benzene rings is 1. The minimum atomic E-state index is -0.264. The minimum absolute atomic E-state index is 0.174. The standard InChI is InChI=1S/C27H33N5O4/c1-36-16-15-29-18-22(25-23(19-29)27(35)32(28-25)21-9-3-2-4-10-21)26(34)31-13-11-30(12-14-31)24(33)17-20-7-5-6-8-20/h2-4,9-10,18-20H,5-8,11-17H2,1H3. The van der Waals surface area contributed by atoms with Gasteiger partial charge in [-0.05, 0) is 30.9 Å². The summed E-state index contributed by atoms with van der Waals surface area (Å²) in [5, 5.41) is 4.57. The fourth-order valence-electron chi connectivity index (χ4n) is 5.31. The van der Waals surface area contributed by atoms with Crippen LogP contribution in [0.2, 0.25) is 0 Å². The fraction of sp³-hybridized carbons (Fsp3) is 0.481. The van der Waals surface area contributed by atoms with Gasteiger partial charge in [-0.3, -0.25) is 14.4 Å². The molecular formula is C27H33N5O4. The van der Waals surface area contributed by atoms with Gasteiger partial charge in [-0.25, -0.2) is 0 Å². The molecule has 0 unspecified atom stereocenters. The molecule has 1 aliphatic carbocycles. The first-order valence-corrected chi connectivity index (χ1v) is 12.8. The van der Waals surface area contributed by atoms with Crippen LogP contribution in [-0.2, 0) is 16.1 Å². The van der Waals surface area contributed by atoms with Gasteiger partial charge in [0, 0.05) is 58.6 Å². The molecule has 2 amide bonds. The van der Waals surface area contributed by atoms with Crippen LogP contribution < -0.4 is 5.56 Å². The average Bonchev–Trinajstić information content (AvgIpc) is 3.55. The van der Waals surface area contributed by atoms with E-state index in [0.717, 1.165) is 12.8 Å². The van der Waals surface area contributed by atoms with Crippen molar-refractivity contribution in [1.82, 2.24) is 24.1 Å². The summed E-state index contributed by atoms with van der Waals surface area (Å²) in [6.45, 7) is 2.95. The van der Waals surface area contributed by atoms with E-state index >= 15 is 0 Å². The minimum Gasteiger partial charge on any atom is -0.383 e. The normalized spacial score (nSPS) is 16.7. The molecule has 9 heteroatoms. The third-order valence-electron chi connectivity index (χ3n) is 7.37. The van der Waals surface area contributed by atoms with Crippen molar-refractivity contribution in [3.8, 4) is 16.9 Å². The molecule has 1 saturated carbocycles. The Morgan fingerprint density at radius 3 is 2.39 bits per heavy atom. The maximum Gasteiger partial charge on any atom is 0.282 e. The van der Waals surface area contributed by atoms with Crippen molar-refractivity contribution in [2.24, 2.45) is 5.92 Å². The molecule has 5 rings (SSSR count). The van der Waals surface area contributed by atoms with Crippen LogP contribution in [0.15, 0.2) is 47.5 Å². The van der Waals surface area contributed by atoms with Crippen LogP contribution in [0.25, 0.3) is 16.9 Å². The monoisotopic (exact) mass is 491 g/mol. The molecule has 0 radical (unpaired) electrons. The first kappa shape index (κ1) is 24.2. The van der Waals surface area contributed by atoms with Crippen molar-refractivity contribution in [2.75, 3.05) is 39.9 Å². The van der Waals surface area contributed by atoms with E-state index in [2.05, 4.69) is 5.10 Å². The highest BCUT2D eigenvalue weighted by atomic mass is 16.5. The van der Waals surface area contributed by atoms with Gasteiger partial charge in [0.05, 0.1) is 23.4 Å². The van der Waals surface area contributed by atoms with Gasteiger partial charge in [0.25, 0.3) is 11.5 Å². The second-order valence-corrected chi connectivity index (χ2v) is 9.74. The number of para-hydroxylation sites is 1. The van der Waals surface area contributed by atoms with E-state index < -0.39 is 0 Å². The molecule has 1 aromatic carbocycles. The third-order valence-corrected chi connectivity index (χ3v) is 7.37. The molecule has 0 bridgehead atoms. The van der Waals surface area contributed by atoms with Gasteiger partial charge in [0.15, 0.2) is 0 Å². The van der Waals surface area contributed by atoms with Crippen LogP contribution in [0.3, 0.4) is 0 Å². The summed E-state index contributed by atoms with van der Waals surface area (Å²) < 4.78 is 8.38. The van der Waals surface area contributed by atoms with E-state index in [4.69, 9.17) is 4.74 Å². The van der Waals surface area contributed by atoms with Crippen molar-refractivity contribution in [3.05, 3.63) is 58.6 Å². The summed E-state index contributed by atoms with van der Waals surface area (Å²) in [7, 11) is 1.62. The zero-order valence-corrected chi connectivity index (χ0v) is 20.8. The number of hydrogen-bond donors (Lipinski definition) is 0. The molecule has 1 aromatic rings. The zero-order chi connectivity index (χ0) is 25.1. The Bertz CT molecular complexity index is 1240. The summed E-state index contributed by atoms with van der Waals surface area (Å²) in [5.41, 5.74) is 1.56. The summed E-state index contributed by atoms with van der Waals surface area (Å²) >= 11 is 0. The van der Waals surface area contributed by atoms with Gasteiger partial charge in [-0.15, -0.1) is 0 Å². The number of amides is 2. The first-order valence-electron chi connectivity index (χ1n) is 12.8. The number of aromatic nitrogens is 3. The van der Waals surface area contributed by atoms with E-state index in [9.17, 15) is 14.4 Å². The molecule has 190 valence electrons. The Labute approximate surface area is 210 Å². The summed E-state index contributed by atoms with van der Waals surface area (Å²) in [5.74, 6) is 0.539. The lowest BCUT2D eigenvalue weighted by atomic mass is 10.0. The SMILES string of the molecule is COCCn1cc(C(=O)N2CCN(C(=O)CC3CCCC3)CC2)c2nn(-c3ccccc3)c(=O)c-2c1. The number of carbonyl (C=O) groups is 2. The third kappa shape index (κ3) is 4.93. The average molecular weight is 492 g/mol. The van der Waals surface area contributed by atoms with E-state index in [-0.39, 0.29) is 17.4 Å². The fourth-order valence-corrected chi connectivity index (χ4v) is 5.31. The van der Waals surface area contributed by atoms with Crippen LogP contribution in [0.5, 0.6) is 0 Å². The number of ether oxygens (including phenoxy) is 1. The first-order chi connectivity index (χ1) is 17.5. The maximum atomic E-state index is 13.7. The second kappa shape index (κ2) is 10.7. The van der Waals surface area contributed by atoms with Crippen LogP contribution >= 0.6 is 0 Å². The van der Waals surface area contributed by atoms with Gasteiger partial charge < -0.3 is 19.1 Å². The smallest absolute Gasteiger partial charge is 0.282 e. The maximum absolute atomic E-state index is 13.7. The van der Waals surface area contributed by atoms with E-state index in [1.807, 2.05) is 39.8 Å².